The summed E-state index contributed by atoms with van der Waals surface area (Å²) >= 11 is 7.35. The fourth-order valence-electron chi connectivity index (χ4n) is 15.0. The summed E-state index contributed by atoms with van der Waals surface area (Å²) in [6.07, 6.45) is 58.7. The maximum atomic E-state index is 19.8. The van der Waals surface area contributed by atoms with Crippen LogP contribution in [0.3, 0.4) is 0 Å². The Labute approximate surface area is 534 Å². The number of rotatable bonds is 48. The first-order valence-electron chi connectivity index (χ1n) is 34.8. The summed E-state index contributed by atoms with van der Waals surface area (Å²) in [5, 5.41) is 0. The Bertz CT molecular complexity index is 2390. The van der Waals surface area contributed by atoms with Crippen molar-refractivity contribution in [3.05, 3.63) is 53.2 Å². The van der Waals surface area contributed by atoms with E-state index in [1.54, 1.807) is 0 Å². The monoisotopic (exact) mass is 1390 g/mol. The highest BCUT2D eigenvalue weighted by Crippen LogP contribution is 2.65. The summed E-state index contributed by atoms with van der Waals surface area (Å²) in [5.41, 5.74) is 8.01. The van der Waals surface area contributed by atoms with Gasteiger partial charge in [-0.25, -0.2) is 8.78 Å². The third-order valence-electron chi connectivity index (χ3n) is 19.7. The van der Waals surface area contributed by atoms with Crippen molar-refractivity contribution in [3.8, 4) is 22.3 Å². The van der Waals surface area contributed by atoms with Crippen LogP contribution in [0.25, 0.3) is 44.3 Å². The molecule has 2 aliphatic carbocycles. The fourth-order valence-corrected chi connectivity index (χ4v) is 17.9. The van der Waals surface area contributed by atoms with Crippen LogP contribution < -0.4 is 0 Å². The lowest BCUT2D eigenvalue weighted by Crippen LogP contribution is -2.29. The second kappa shape index (κ2) is 37.5. The van der Waals surface area contributed by atoms with E-state index >= 15 is 8.78 Å². The number of hydrogen-bond donors (Lipinski definition) is 0. The Morgan fingerprint density at radius 1 is 0.305 bits per heavy atom. The zero-order valence-electron chi connectivity index (χ0n) is 52.2. The lowest BCUT2D eigenvalue weighted by Gasteiger charge is -2.35. The van der Waals surface area contributed by atoms with E-state index < -0.39 is 10.8 Å². The molecule has 0 aliphatic heterocycles. The minimum atomic E-state index is -0.680. The van der Waals surface area contributed by atoms with Gasteiger partial charge in [0.15, 0.2) is 0 Å². The van der Waals surface area contributed by atoms with Gasteiger partial charge < -0.3 is 0 Å². The van der Waals surface area contributed by atoms with Gasteiger partial charge in [-0.1, -0.05) is 310 Å². The normalized spacial score (nSPS) is 14.0. The van der Waals surface area contributed by atoms with Gasteiger partial charge in [0.25, 0.3) is 0 Å². The molecule has 5 aromatic rings. The SMILES string of the molecule is CCCCCCCCCCCCCC1(CCCCCCCCCCCCC)c2cc(I)c3nsnc3c2-c2c(F)c3c(c(F)c21)-c1c(cc(I)c2nsnc12)C3(CCCCCCCCCCCCC)CCCCCCCCCCCCC. The van der Waals surface area contributed by atoms with Gasteiger partial charge in [-0.2, -0.15) is 17.5 Å². The molecule has 2 heterocycles. The van der Waals surface area contributed by atoms with Crippen LogP contribution >= 0.6 is 68.6 Å². The lowest BCUT2D eigenvalue weighted by molar-refractivity contribution is 0.374. The zero-order chi connectivity index (χ0) is 57.8. The Hall–Kier alpha value is -1.38. The summed E-state index contributed by atoms with van der Waals surface area (Å²) in [6, 6.07) is 4.62. The molecule has 10 heteroatoms. The average molecular weight is 1390 g/mol. The topological polar surface area (TPSA) is 51.6 Å². The van der Waals surface area contributed by atoms with Gasteiger partial charge in [-0.15, -0.1) is 0 Å². The molecule has 3 aromatic carbocycles. The average Bonchev–Trinajstić information content (AvgIpc) is 2.37. The number of unbranched alkanes of at least 4 members (excludes halogenated alkanes) is 40. The molecule has 0 bridgehead atoms. The molecule has 0 N–H and O–H groups in total. The van der Waals surface area contributed by atoms with Gasteiger partial charge in [0.2, 0.25) is 0 Å². The molecule has 0 saturated carbocycles. The van der Waals surface area contributed by atoms with Crippen molar-refractivity contribution in [1.29, 1.82) is 0 Å². The standard InChI is InChI=1S/C72H110F2I2N4S2/c1-5-9-13-17-21-25-29-33-37-41-45-49-71(50-46-42-38-34-30-26-22-18-14-10-6-2)55-53-57(75)67-69(79-81-77-67)59(55)61-63(71)65(73)62-60-56(54-58(76)68-70(60)80-82-78-68)72(64(62)66(61)74,51-47-43-39-35-31-27-23-19-15-11-7-3)52-48-44-40-36-32-28-24-20-16-12-8-4/h53-54H,5-52H2,1-4H3. The molecule has 458 valence electrons. The van der Waals surface area contributed by atoms with E-state index in [0.717, 1.165) is 129 Å². The number of hydrogen-bond acceptors (Lipinski definition) is 6. The quantitative estimate of drug-likeness (QED) is 0.0288. The highest BCUT2D eigenvalue weighted by molar-refractivity contribution is 14.1. The van der Waals surface area contributed by atoms with E-state index in [9.17, 15) is 0 Å². The minimum absolute atomic E-state index is 0.184. The first-order chi connectivity index (χ1) is 40.3. The minimum Gasteiger partial charge on any atom is -0.206 e. The van der Waals surface area contributed by atoms with Crippen molar-refractivity contribution in [2.45, 2.75) is 347 Å². The number of fused-ring (bicyclic) bond motifs is 10. The highest BCUT2D eigenvalue weighted by atomic mass is 127. The van der Waals surface area contributed by atoms with Crippen LogP contribution in [0.15, 0.2) is 12.1 Å². The van der Waals surface area contributed by atoms with E-state index in [0.29, 0.717) is 22.3 Å². The predicted molar refractivity (Wildman–Crippen MR) is 370 cm³/mol. The Balaban J connectivity index is 1.27. The van der Waals surface area contributed by atoms with Crippen molar-refractivity contribution in [1.82, 2.24) is 17.5 Å². The molecule has 4 nitrogen and oxygen atoms in total. The van der Waals surface area contributed by atoms with Gasteiger partial charge in [0, 0.05) is 51.4 Å². The van der Waals surface area contributed by atoms with E-state index in [1.165, 1.54) is 255 Å². The van der Waals surface area contributed by atoms with Crippen molar-refractivity contribution in [3.63, 3.8) is 0 Å². The maximum Gasteiger partial charge on any atom is 0.136 e. The molecule has 2 aliphatic rings. The van der Waals surface area contributed by atoms with Crippen LogP contribution in [0, 0.1) is 18.8 Å². The van der Waals surface area contributed by atoms with Crippen molar-refractivity contribution in [2.75, 3.05) is 0 Å². The van der Waals surface area contributed by atoms with Crippen LogP contribution in [-0.2, 0) is 10.8 Å². The molecule has 0 unspecified atom stereocenters. The first kappa shape index (κ1) is 68.1. The number of aromatic nitrogens is 4. The number of nitrogens with zero attached hydrogens (tertiary/aromatic N) is 4. The van der Waals surface area contributed by atoms with Gasteiger partial charge >= 0.3 is 0 Å². The summed E-state index contributed by atoms with van der Waals surface area (Å²) in [6.45, 7) is 9.18. The Kier molecular flexibility index (Phi) is 31.1. The molecular formula is C72H110F2I2N4S2. The van der Waals surface area contributed by atoms with Crippen molar-refractivity contribution >= 4 is 90.7 Å². The largest absolute Gasteiger partial charge is 0.206 e. The summed E-state index contributed by atoms with van der Waals surface area (Å²) in [4.78, 5) is 0. The van der Waals surface area contributed by atoms with Crippen LogP contribution in [0.5, 0.6) is 0 Å². The first-order valence-corrected chi connectivity index (χ1v) is 38.4. The van der Waals surface area contributed by atoms with Crippen molar-refractivity contribution < 1.29 is 8.78 Å². The summed E-state index contributed by atoms with van der Waals surface area (Å²) in [5.74, 6) is -0.367. The second-order valence-electron chi connectivity index (χ2n) is 25.9. The molecule has 0 spiro atoms. The van der Waals surface area contributed by atoms with E-state index in [1.807, 2.05) is 0 Å². The molecule has 82 heavy (non-hydrogen) atoms. The summed E-state index contributed by atoms with van der Waals surface area (Å²) < 4.78 is 61.6. The number of halogens is 4. The van der Waals surface area contributed by atoms with Crippen LogP contribution in [0.1, 0.15) is 358 Å². The second-order valence-corrected chi connectivity index (χ2v) is 29.3. The Morgan fingerprint density at radius 2 is 0.512 bits per heavy atom. The molecule has 0 saturated heterocycles. The molecule has 2 aromatic heterocycles. The number of benzene rings is 3. The van der Waals surface area contributed by atoms with Crippen LogP contribution in [-0.4, -0.2) is 17.5 Å². The molecular weight excluding hydrogens is 1280 g/mol. The predicted octanol–water partition coefficient (Wildman–Crippen LogP) is 26.5. The third kappa shape index (κ3) is 17.9. The van der Waals surface area contributed by atoms with E-state index in [4.69, 9.17) is 17.5 Å². The fraction of sp³-hybridized carbons (Fsp3) is 0.750. The zero-order valence-corrected chi connectivity index (χ0v) is 58.2. The Morgan fingerprint density at radius 3 is 0.744 bits per heavy atom. The van der Waals surface area contributed by atoms with Crippen LogP contribution in [0.4, 0.5) is 8.78 Å². The molecule has 0 radical (unpaired) electrons. The van der Waals surface area contributed by atoms with E-state index in [-0.39, 0.29) is 11.6 Å². The summed E-state index contributed by atoms with van der Waals surface area (Å²) in [7, 11) is 0. The van der Waals surface area contributed by atoms with E-state index in [2.05, 4.69) is 85.0 Å². The molecule has 0 atom stereocenters. The van der Waals surface area contributed by atoms with Gasteiger partial charge in [0.1, 0.15) is 33.7 Å². The molecule has 7 rings (SSSR count). The smallest absolute Gasteiger partial charge is 0.136 e. The van der Waals surface area contributed by atoms with Crippen molar-refractivity contribution in [2.24, 2.45) is 0 Å². The van der Waals surface area contributed by atoms with Gasteiger partial charge in [0.05, 0.1) is 23.5 Å². The van der Waals surface area contributed by atoms with Crippen LogP contribution in [0.2, 0.25) is 0 Å². The molecule has 0 amide bonds. The maximum absolute atomic E-state index is 19.8. The third-order valence-corrected chi connectivity index (χ3v) is 22.4. The van der Waals surface area contributed by atoms with Gasteiger partial charge in [-0.05, 0) is 94.1 Å². The molecule has 0 fully saturated rings. The lowest BCUT2D eigenvalue weighted by atomic mass is 9.68. The van der Waals surface area contributed by atoms with Gasteiger partial charge in [-0.3, -0.25) is 0 Å². The highest BCUT2D eigenvalue weighted by Gasteiger charge is 2.54.